The topological polar surface area (TPSA) is 90.7 Å². The van der Waals surface area contributed by atoms with Gasteiger partial charge in [0.15, 0.2) is 0 Å². The molecule has 1 aromatic carbocycles. The number of aliphatic hydroxyl groups is 2. The van der Waals surface area contributed by atoms with Crippen molar-refractivity contribution < 1.29 is 24.5 Å². The van der Waals surface area contributed by atoms with Crippen LogP contribution >= 0.6 is 11.3 Å². The molecule has 1 aliphatic carbocycles. The molecule has 1 saturated carbocycles. The number of aliphatic carboxylic acids is 1. The van der Waals surface area contributed by atoms with Crippen molar-refractivity contribution in [2.24, 2.45) is 0 Å². The van der Waals surface area contributed by atoms with Gasteiger partial charge in [0.25, 0.3) is 0 Å². The van der Waals surface area contributed by atoms with E-state index in [1.165, 1.54) is 12.1 Å². The van der Waals surface area contributed by atoms with E-state index in [-0.39, 0.29) is 12.2 Å². The number of pyridine rings is 1. The van der Waals surface area contributed by atoms with Crippen molar-refractivity contribution in [2.75, 3.05) is 0 Å². The lowest BCUT2D eigenvalue weighted by atomic mass is 9.92. The van der Waals surface area contributed by atoms with Gasteiger partial charge >= 0.3 is 5.97 Å². The van der Waals surface area contributed by atoms with Gasteiger partial charge in [0, 0.05) is 28.9 Å². The normalized spacial score (nSPS) is 16.1. The molecule has 2 aromatic heterocycles. The van der Waals surface area contributed by atoms with Crippen molar-refractivity contribution in [3.63, 3.8) is 0 Å². The standard InChI is InChI=1S/C24H24FNO4S/c1-13-12-31-24-21(13)22(14-4-6-16(25)7-5-14)19(23(26-24)15-2-3-15)9-8-17(27)10-18(28)11-20(29)30/h4-9,12,15,17-18,27-28H,2-3,10-11H2,1H3,(H,29,30)/b9-8+/t17-,18-/m1/s1. The quantitative estimate of drug-likeness (QED) is 0.463. The van der Waals surface area contributed by atoms with Crippen molar-refractivity contribution in [3.05, 3.63) is 58.4 Å². The molecular formula is C24H24FNO4S. The Kier molecular flexibility index (Phi) is 6.18. The zero-order valence-corrected chi connectivity index (χ0v) is 17.9. The van der Waals surface area contributed by atoms with E-state index < -0.39 is 24.6 Å². The zero-order valence-electron chi connectivity index (χ0n) is 17.1. The molecule has 3 N–H and O–H groups in total. The van der Waals surface area contributed by atoms with Gasteiger partial charge in [-0.3, -0.25) is 4.79 Å². The lowest BCUT2D eigenvalue weighted by molar-refractivity contribution is -0.139. The van der Waals surface area contributed by atoms with Crippen LogP contribution in [0.25, 0.3) is 27.4 Å². The molecule has 162 valence electrons. The van der Waals surface area contributed by atoms with Crippen molar-refractivity contribution in [3.8, 4) is 11.1 Å². The third-order valence-corrected chi connectivity index (χ3v) is 6.47. The van der Waals surface area contributed by atoms with Gasteiger partial charge in [0.2, 0.25) is 0 Å². The monoisotopic (exact) mass is 441 g/mol. The molecule has 0 unspecified atom stereocenters. The molecule has 1 fully saturated rings. The Morgan fingerprint density at radius 3 is 2.65 bits per heavy atom. The lowest BCUT2D eigenvalue weighted by Crippen LogP contribution is -2.19. The van der Waals surface area contributed by atoms with Crippen LogP contribution < -0.4 is 0 Å². The number of carboxylic acids is 1. The fourth-order valence-electron chi connectivity index (χ4n) is 3.85. The second kappa shape index (κ2) is 8.86. The third-order valence-electron chi connectivity index (χ3n) is 5.48. The molecule has 4 rings (SSSR count). The van der Waals surface area contributed by atoms with Crippen LogP contribution in [-0.2, 0) is 4.79 Å². The summed E-state index contributed by atoms with van der Waals surface area (Å²) in [5, 5.41) is 32.1. The van der Waals surface area contributed by atoms with Crippen molar-refractivity contribution in [1.29, 1.82) is 0 Å². The molecule has 7 heteroatoms. The van der Waals surface area contributed by atoms with Crippen LogP contribution in [0.1, 0.15) is 48.4 Å². The van der Waals surface area contributed by atoms with Gasteiger partial charge in [-0.2, -0.15) is 0 Å². The maximum Gasteiger partial charge on any atom is 0.305 e. The molecule has 1 aliphatic rings. The summed E-state index contributed by atoms with van der Waals surface area (Å²) >= 11 is 1.59. The average Bonchev–Trinajstić information content (AvgIpc) is 3.49. The molecule has 0 spiro atoms. The number of nitrogens with zero attached hydrogens (tertiary/aromatic N) is 1. The Hall–Kier alpha value is -2.61. The largest absolute Gasteiger partial charge is 0.481 e. The minimum Gasteiger partial charge on any atom is -0.481 e. The number of aliphatic hydroxyl groups excluding tert-OH is 2. The number of hydrogen-bond donors (Lipinski definition) is 3. The first-order valence-electron chi connectivity index (χ1n) is 10.3. The fourth-order valence-corrected chi connectivity index (χ4v) is 4.79. The minimum absolute atomic E-state index is 0.0689. The number of thiophene rings is 1. The Morgan fingerprint density at radius 2 is 2.00 bits per heavy atom. The van der Waals surface area contributed by atoms with Crippen LogP contribution in [0.3, 0.4) is 0 Å². The number of rotatable bonds is 8. The predicted octanol–water partition coefficient (Wildman–Crippen LogP) is 4.89. The fraction of sp³-hybridized carbons (Fsp3) is 0.333. The summed E-state index contributed by atoms with van der Waals surface area (Å²) in [4.78, 5) is 16.6. The third kappa shape index (κ3) is 4.84. The number of halogens is 1. The van der Waals surface area contributed by atoms with E-state index >= 15 is 0 Å². The number of fused-ring (bicyclic) bond motifs is 1. The van der Waals surface area contributed by atoms with Crippen LogP contribution in [0.15, 0.2) is 35.7 Å². The molecule has 3 aromatic rings. The number of carbonyl (C=O) groups is 1. The van der Waals surface area contributed by atoms with E-state index in [0.29, 0.717) is 5.92 Å². The summed E-state index contributed by atoms with van der Waals surface area (Å²) in [5.74, 6) is -1.07. The number of benzene rings is 1. The van der Waals surface area contributed by atoms with Crippen LogP contribution in [-0.4, -0.2) is 38.5 Å². The highest BCUT2D eigenvalue weighted by atomic mass is 32.1. The molecule has 0 radical (unpaired) electrons. The Labute approximate surface area is 183 Å². The Balaban J connectivity index is 1.80. The van der Waals surface area contributed by atoms with Gasteiger partial charge in [-0.05, 0) is 48.4 Å². The number of hydrogen-bond acceptors (Lipinski definition) is 5. The number of carboxylic acid groups (broad SMARTS) is 1. The van der Waals surface area contributed by atoms with E-state index in [9.17, 15) is 19.4 Å². The lowest BCUT2D eigenvalue weighted by Gasteiger charge is -2.15. The molecule has 2 atom stereocenters. The maximum atomic E-state index is 13.6. The van der Waals surface area contributed by atoms with Crippen LogP contribution in [0.5, 0.6) is 0 Å². The Bertz CT molecular complexity index is 1130. The smallest absolute Gasteiger partial charge is 0.305 e. The van der Waals surface area contributed by atoms with Gasteiger partial charge in [-0.1, -0.05) is 24.3 Å². The van der Waals surface area contributed by atoms with E-state index in [0.717, 1.165) is 51.0 Å². The highest BCUT2D eigenvalue weighted by Gasteiger charge is 2.30. The van der Waals surface area contributed by atoms with Gasteiger partial charge in [-0.25, -0.2) is 9.37 Å². The van der Waals surface area contributed by atoms with Gasteiger partial charge in [0.1, 0.15) is 10.6 Å². The summed E-state index contributed by atoms with van der Waals surface area (Å²) < 4.78 is 13.6. The summed E-state index contributed by atoms with van der Waals surface area (Å²) in [6.07, 6.45) is 2.88. The molecule has 31 heavy (non-hydrogen) atoms. The van der Waals surface area contributed by atoms with E-state index in [1.54, 1.807) is 29.5 Å². The van der Waals surface area contributed by atoms with E-state index in [2.05, 4.69) is 5.38 Å². The molecular weight excluding hydrogens is 417 g/mol. The minimum atomic E-state index is -1.13. The average molecular weight is 442 g/mol. The summed E-state index contributed by atoms with van der Waals surface area (Å²) in [6, 6.07) is 6.37. The second-order valence-corrected chi connectivity index (χ2v) is 8.94. The van der Waals surface area contributed by atoms with Gasteiger partial charge < -0.3 is 15.3 Å². The molecule has 0 saturated heterocycles. The van der Waals surface area contributed by atoms with Crippen LogP contribution in [0, 0.1) is 12.7 Å². The van der Waals surface area contributed by atoms with Gasteiger partial charge in [0.05, 0.1) is 24.3 Å². The number of aromatic nitrogens is 1. The molecule has 5 nitrogen and oxygen atoms in total. The maximum absolute atomic E-state index is 13.6. The summed E-state index contributed by atoms with van der Waals surface area (Å²) in [7, 11) is 0. The SMILES string of the molecule is Cc1csc2nc(C3CC3)c(/C=C/[C@@H](O)C[C@@H](O)CC(=O)O)c(-c3ccc(F)cc3)c12. The van der Waals surface area contributed by atoms with Crippen LogP contribution in [0.4, 0.5) is 4.39 Å². The van der Waals surface area contributed by atoms with Crippen molar-refractivity contribution in [1.82, 2.24) is 4.98 Å². The molecule has 0 amide bonds. The first-order chi connectivity index (χ1) is 14.8. The molecule has 0 bridgehead atoms. The predicted molar refractivity (Wildman–Crippen MR) is 120 cm³/mol. The first kappa shape index (κ1) is 21.6. The van der Waals surface area contributed by atoms with Gasteiger partial charge in [-0.15, -0.1) is 11.3 Å². The molecule has 0 aliphatic heterocycles. The highest BCUT2D eigenvalue weighted by Crippen LogP contribution is 2.46. The summed E-state index contributed by atoms with van der Waals surface area (Å²) in [5.41, 5.74) is 4.76. The summed E-state index contributed by atoms with van der Waals surface area (Å²) in [6.45, 7) is 2.02. The Morgan fingerprint density at radius 1 is 1.29 bits per heavy atom. The number of aryl methyl sites for hydroxylation is 1. The van der Waals surface area contributed by atoms with Crippen molar-refractivity contribution in [2.45, 2.75) is 50.7 Å². The van der Waals surface area contributed by atoms with Crippen molar-refractivity contribution >= 4 is 33.6 Å². The first-order valence-corrected chi connectivity index (χ1v) is 11.1. The molecule has 2 heterocycles. The zero-order chi connectivity index (χ0) is 22.1. The second-order valence-electron chi connectivity index (χ2n) is 8.08. The van der Waals surface area contributed by atoms with Crippen LogP contribution in [0.2, 0.25) is 0 Å². The van der Waals surface area contributed by atoms with E-state index in [1.807, 2.05) is 13.0 Å². The highest BCUT2D eigenvalue weighted by molar-refractivity contribution is 7.17. The van der Waals surface area contributed by atoms with E-state index in [4.69, 9.17) is 10.1 Å².